The second-order valence-corrected chi connectivity index (χ2v) is 8.34. The van der Waals surface area contributed by atoms with Gasteiger partial charge in [0, 0.05) is 31.2 Å². The van der Waals surface area contributed by atoms with Crippen molar-refractivity contribution in [2.24, 2.45) is 0 Å². The first-order valence-corrected chi connectivity index (χ1v) is 10.2. The highest BCUT2D eigenvalue weighted by molar-refractivity contribution is 7.89. The largest absolute Gasteiger partial charge is 0.314 e. The third-order valence-electron chi connectivity index (χ3n) is 4.79. The smallest absolute Gasteiger partial charge is 0.212 e. The van der Waals surface area contributed by atoms with Crippen molar-refractivity contribution in [3.05, 3.63) is 0 Å². The molecule has 5 nitrogen and oxygen atoms in total. The summed E-state index contributed by atoms with van der Waals surface area (Å²) in [4.78, 5) is 2.47. The predicted molar refractivity (Wildman–Crippen MR) is 86.9 cm³/mol. The lowest BCUT2D eigenvalue weighted by Crippen LogP contribution is -2.57. The van der Waals surface area contributed by atoms with Crippen LogP contribution in [0.3, 0.4) is 0 Å². The van der Waals surface area contributed by atoms with Gasteiger partial charge >= 0.3 is 0 Å². The summed E-state index contributed by atoms with van der Waals surface area (Å²) in [6.45, 7) is 6.30. The first-order valence-electron chi connectivity index (χ1n) is 8.52. The Bertz CT molecular complexity index is 399. The second kappa shape index (κ2) is 7.90. The van der Waals surface area contributed by atoms with Crippen LogP contribution in [0.1, 0.15) is 52.4 Å². The minimum atomic E-state index is -3.10. The molecule has 2 fully saturated rings. The lowest BCUT2D eigenvalue weighted by atomic mass is 9.82. The molecule has 2 unspecified atom stereocenters. The van der Waals surface area contributed by atoms with Crippen LogP contribution in [-0.4, -0.2) is 56.8 Å². The number of hydrogen-bond acceptors (Lipinski definition) is 4. The summed E-state index contributed by atoms with van der Waals surface area (Å²) in [5.74, 6) is 0.237. The van der Waals surface area contributed by atoms with Gasteiger partial charge in [-0.05, 0) is 38.6 Å². The van der Waals surface area contributed by atoms with E-state index in [0.29, 0.717) is 31.2 Å². The number of nitrogens with zero attached hydrogens (tertiary/aromatic N) is 1. The Kier molecular flexibility index (Phi) is 6.47. The molecule has 2 heterocycles. The molecule has 6 heteroatoms. The molecule has 0 saturated carbocycles. The first kappa shape index (κ1) is 17.2. The van der Waals surface area contributed by atoms with E-state index in [2.05, 4.69) is 21.9 Å². The normalized spacial score (nSPS) is 30.5. The van der Waals surface area contributed by atoms with Gasteiger partial charge in [0.25, 0.3) is 0 Å². The molecule has 0 aromatic carbocycles. The molecule has 2 saturated heterocycles. The van der Waals surface area contributed by atoms with Gasteiger partial charge in [0.05, 0.1) is 5.75 Å². The lowest BCUT2D eigenvalue weighted by molar-refractivity contribution is 0.0300. The van der Waals surface area contributed by atoms with E-state index in [4.69, 9.17) is 0 Å². The SMILES string of the molecule is CCCNC1CC2CCCC(C1)N2CCS(=O)(=O)NCC. The van der Waals surface area contributed by atoms with Crippen LogP contribution < -0.4 is 10.0 Å². The Morgan fingerprint density at radius 3 is 2.38 bits per heavy atom. The fourth-order valence-corrected chi connectivity index (χ4v) is 4.91. The van der Waals surface area contributed by atoms with Crippen LogP contribution in [0.15, 0.2) is 0 Å². The van der Waals surface area contributed by atoms with Crippen molar-refractivity contribution in [1.29, 1.82) is 0 Å². The van der Waals surface area contributed by atoms with E-state index in [-0.39, 0.29) is 5.75 Å². The molecule has 2 N–H and O–H groups in total. The van der Waals surface area contributed by atoms with E-state index >= 15 is 0 Å². The average molecular weight is 317 g/mol. The third-order valence-corrected chi connectivity index (χ3v) is 6.24. The number of piperidine rings is 2. The fraction of sp³-hybridized carbons (Fsp3) is 1.00. The van der Waals surface area contributed by atoms with Crippen LogP contribution in [0, 0.1) is 0 Å². The van der Waals surface area contributed by atoms with Crippen molar-refractivity contribution >= 4 is 10.0 Å². The molecule has 124 valence electrons. The van der Waals surface area contributed by atoms with E-state index in [0.717, 1.165) is 6.54 Å². The standard InChI is InChI=1S/C15H31N3O2S/c1-3-8-16-13-11-14-6-5-7-15(12-13)18(14)9-10-21(19,20)17-4-2/h13-17H,3-12H2,1-2H3. The van der Waals surface area contributed by atoms with E-state index in [1.165, 1.54) is 38.5 Å². The van der Waals surface area contributed by atoms with Gasteiger partial charge < -0.3 is 5.32 Å². The molecule has 2 bridgehead atoms. The Labute approximate surface area is 129 Å². The summed E-state index contributed by atoms with van der Waals surface area (Å²) in [6, 6.07) is 1.77. The predicted octanol–water partition coefficient (Wildman–Crippen LogP) is 1.31. The van der Waals surface area contributed by atoms with Gasteiger partial charge in [0.15, 0.2) is 0 Å². The molecule has 0 amide bonds. The Balaban J connectivity index is 1.89. The number of rotatable bonds is 8. The third kappa shape index (κ3) is 4.91. The van der Waals surface area contributed by atoms with Crippen molar-refractivity contribution in [1.82, 2.24) is 14.9 Å². The molecular weight excluding hydrogens is 286 g/mol. The van der Waals surface area contributed by atoms with Crippen molar-refractivity contribution in [2.45, 2.75) is 70.5 Å². The molecule has 2 atom stereocenters. The topological polar surface area (TPSA) is 61.4 Å². The summed E-state index contributed by atoms with van der Waals surface area (Å²) < 4.78 is 26.3. The van der Waals surface area contributed by atoms with Crippen LogP contribution in [0.2, 0.25) is 0 Å². The van der Waals surface area contributed by atoms with Crippen molar-refractivity contribution in [2.75, 3.05) is 25.4 Å². The monoisotopic (exact) mass is 317 g/mol. The highest BCUT2D eigenvalue weighted by atomic mass is 32.2. The van der Waals surface area contributed by atoms with Gasteiger partial charge in [-0.3, -0.25) is 4.90 Å². The fourth-order valence-electron chi connectivity index (χ4n) is 3.88. The van der Waals surface area contributed by atoms with Gasteiger partial charge in [-0.2, -0.15) is 0 Å². The van der Waals surface area contributed by atoms with Crippen LogP contribution in [0.5, 0.6) is 0 Å². The van der Waals surface area contributed by atoms with Gasteiger partial charge in [0.2, 0.25) is 10.0 Å². The molecule has 2 rings (SSSR count). The number of hydrogen-bond donors (Lipinski definition) is 2. The average Bonchev–Trinajstić information content (AvgIpc) is 2.42. The molecule has 0 spiro atoms. The van der Waals surface area contributed by atoms with E-state index in [1.807, 2.05) is 6.92 Å². The summed E-state index contributed by atoms with van der Waals surface area (Å²) >= 11 is 0. The van der Waals surface area contributed by atoms with Crippen molar-refractivity contribution < 1.29 is 8.42 Å². The maximum absolute atomic E-state index is 11.8. The van der Waals surface area contributed by atoms with Gasteiger partial charge in [-0.15, -0.1) is 0 Å². The van der Waals surface area contributed by atoms with Gasteiger partial charge in [-0.25, -0.2) is 13.1 Å². The quantitative estimate of drug-likeness (QED) is 0.709. The molecule has 21 heavy (non-hydrogen) atoms. The van der Waals surface area contributed by atoms with Gasteiger partial charge in [-0.1, -0.05) is 20.3 Å². The molecule has 2 aliphatic rings. The number of fused-ring (bicyclic) bond motifs is 2. The first-order chi connectivity index (χ1) is 10.1. The molecule has 0 aliphatic carbocycles. The maximum Gasteiger partial charge on any atom is 0.212 e. The van der Waals surface area contributed by atoms with E-state index in [9.17, 15) is 8.42 Å². The Morgan fingerprint density at radius 2 is 1.81 bits per heavy atom. The molecular formula is C15H31N3O2S. The highest BCUT2D eigenvalue weighted by Gasteiger charge is 2.38. The molecule has 0 aromatic rings. The van der Waals surface area contributed by atoms with Crippen molar-refractivity contribution in [3.8, 4) is 0 Å². The summed E-state index contributed by atoms with van der Waals surface area (Å²) in [7, 11) is -3.10. The molecule has 0 aromatic heterocycles. The maximum atomic E-state index is 11.8. The summed E-state index contributed by atoms with van der Waals surface area (Å²) in [6.07, 6.45) is 7.28. The second-order valence-electron chi connectivity index (χ2n) is 6.42. The summed E-state index contributed by atoms with van der Waals surface area (Å²) in [5.41, 5.74) is 0. The van der Waals surface area contributed by atoms with Crippen molar-refractivity contribution in [3.63, 3.8) is 0 Å². The Morgan fingerprint density at radius 1 is 1.14 bits per heavy atom. The minimum Gasteiger partial charge on any atom is -0.314 e. The zero-order chi connectivity index (χ0) is 15.3. The minimum absolute atomic E-state index is 0.237. The zero-order valence-electron chi connectivity index (χ0n) is 13.5. The summed E-state index contributed by atoms with van der Waals surface area (Å²) in [5, 5.41) is 3.66. The van der Waals surface area contributed by atoms with Crippen LogP contribution in [-0.2, 0) is 10.0 Å². The van der Waals surface area contributed by atoms with Crippen LogP contribution >= 0.6 is 0 Å². The lowest BCUT2D eigenvalue weighted by Gasteiger charge is -2.49. The number of sulfonamides is 1. The highest BCUT2D eigenvalue weighted by Crippen LogP contribution is 2.33. The Hall–Kier alpha value is -0.170. The molecule has 2 aliphatic heterocycles. The van der Waals surface area contributed by atoms with Crippen LogP contribution in [0.4, 0.5) is 0 Å². The molecule has 0 radical (unpaired) electrons. The van der Waals surface area contributed by atoms with Gasteiger partial charge in [0.1, 0.15) is 0 Å². The van der Waals surface area contributed by atoms with E-state index < -0.39 is 10.0 Å². The number of nitrogens with one attached hydrogen (secondary N) is 2. The zero-order valence-corrected chi connectivity index (χ0v) is 14.3. The van der Waals surface area contributed by atoms with Crippen LogP contribution in [0.25, 0.3) is 0 Å². The van der Waals surface area contributed by atoms with E-state index in [1.54, 1.807) is 0 Å².